The Morgan fingerprint density at radius 2 is 1.82 bits per heavy atom. The van der Waals surface area contributed by atoms with Gasteiger partial charge in [0.15, 0.2) is 5.82 Å². The number of benzene rings is 2. The molecule has 0 aromatic heterocycles. The van der Waals surface area contributed by atoms with Crippen LogP contribution in [0, 0.1) is 11.7 Å². The van der Waals surface area contributed by atoms with Crippen molar-refractivity contribution in [3.05, 3.63) is 53.3 Å². The number of methoxy groups -OCH3 is 1. The van der Waals surface area contributed by atoms with Crippen molar-refractivity contribution < 1.29 is 22.3 Å². The third-order valence-corrected chi connectivity index (χ3v) is 6.94. The Kier molecular flexibility index (Phi) is 6.22. The average molecular weight is 427 g/mol. The number of anilines is 1. The molecular formula is C19H20ClFN2O4S. The Labute approximate surface area is 168 Å². The molecule has 150 valence electrons. The highest BCUT2D eigenvalue weighted by atomic mass is 35.5. The van der Waals surface area contributed by atoms with Crippen LogP contribution in [0.3, 0.4) is 0 Å². The van der Waals surface area contributed by atoms with Crippen molar-refractivity contribution in [1.29, 1.82) is 0 Å². The second kappa shape index (κ2) is 8.46. The first-order valence-electron chi connectivity index (χ1n) is 8.72. The van der Waals surface area contributed by atoms with E-state index in [9.17, 15) is 17.6 Å². The van der Waals surface area contributed by atoms with Gasteiger partial charge in [0.2, 0.25) is 15.9 Å². The molecule has 0 unspecified atom stereocenters. The van der Waals surface area contributed by atoms with Crippen molar-refractivity contribution in [3.8, 4) is 5.75 Å². The summed E-state index contributed by atoms with van der Waals surface area (Å²) >= 11 is 5.72. The van der Waals surface area contributed by atoms with Crippen LogP contribution in [0.5, 0.6) is 5.75 Å². The van der Waals surface area contributed by atoms with Crippen LogP contribution >= 0.6 is 11.6 Å². The van der Waals surface area contributed by atoms with E-state index in [1.807, 2.05) is 0 Å². The Balaban J connectivity index is 1.63. The summed E-state index contributed by atoms with van der Waals surface area (Å²) in [5, 5.41) is 2.47. The van der Waals surface area contributed by atoms with E-state index < -0.39 is 21.8 Å². The molecule has 1 aliphatic rings. The molecule has 0 radical (unpaired) electrons. The summed E-state index contributed by atoms with van der Waals surface area (Å²) in [6.07, 6.45) is 0.701. The van der Waals surface area contributed by atoms with E-state index in [0.29, 0.717) is 18.6 Å². The lowest BCUT2D eigenvalue weighted by molar-refractivity contribution is -0.120. The molecule has 1 aliphatic heterocycles. The molecule has 1 N–H and O–H groups in total. The summed E-state index contributed by atoms with van der Waals surface area (Å²) in [4.78, 5) is 12.6. The van der Waals surface area contributed by atoms with Gasteiger partial charge in [-0.05, 0) is 49.2 Å². The topological polar surface area (TPSA) is 75.7 Å². The summed E-state index contributed by atoms with van der Waals surface area (Å²) in [6, 6.07) is 10.5. The average Bonchev–Trinajstić information content (AvgIpc) is 2.71. The van der Waals surface area contributed by atoms with Gasteiger partial charge in [0.1, 0.15) is 5.75 Å². The van der Waals surface area contributed by atoms with Crippen molar-refractivity contribution in [3.63, 3.8) is 0 Å². The summed E-state index contributed by atoms with van der Waals surface area (Å²) < 4.78 is 45.9. The highest BCUT2D eigenvalue weighted by Crippen LogP contribution is 2.27. The van der Waals surface area contributed by atoms with Crippen LogP contribution in [-0.2, 0) is 14.8 Å². The van der Waals surface area contributed by atoms with Crippen LogP contribution in [0.25, 0.3) is 0 Å². The number of carbonyl (C=O) groups excluding carboxylic acids is 1. The summed E-state index contributed by atoms with van der Waals surface area (Å²) in [6.45, 7) is 0.426. The number of carbonyl (C=O) groups is 1. The number of halogens is 2. The fourth-order valence-corrected chi connectivity index (χ4v) is 4.73. The SMILES string of the molecule is COc1ccc(S(=O)(=O)N2CCC(C(=O)Nc3cccc(Cl)c3F)CC2)cc1. The zero-order valence-corrected chi connectivity index (χ0v) is 16.8. The van der Waals surface area contributed by atoms with Gasteiger partial charge in [-0.1, -0.05) is 17.7 Å². The molecular weight excluding hydrogens is 407 g/mol. The van der Waals surface area contributed by atoms with E-state index in [0.717, 1.165) is 0 Å². The van der Waals surface area contributed by atoms with Crippen LogP contribution in [-0.4, -0.2) is 38.8 Å². The van der Waals surface area contributed by atoms with Crippen LogP contribution < -0.4 is 10.1 Å². The smallest absolute Gasteiger partial charge is 0.243 e. The van der Waals surface area contributed by atoms with Gasteiger partial charge in [-0.25, -0.2) is 12.8 Å². The first kappa shape index (κ1) is 20.6. The van der Waals surface area contributed by atoms with Crippen LogP contribution in [0.1, 0.15) is 12.8 Å². The number of nitrogens with one attached hydrogen (secondary N) is 1. The number of hydrogen-bond acceptors (Lipinski definition) is 4. The number of hydrogen-bond donors (Lipinski definition) is 1. The van der Waals surface area contributed by atoms with E-state index in [1.54, 1.807) is 18.2 Å². The number of amides is 1. The van der Waals surface area contributed by atoms with Gasteiger partial charge in [0.25, 0.3) is 0 Å². The largest absolute Gasteiger partial charge is 0.497 e. The van der Waals surface area contributed by atoms with E-state index in [4.69, 9.17) is 16.3 Å². The van der Waals surface area contributed by atoms with Crippen molar-refractivity contribution in [2.45, 2.75) is 17.7 Å². The second-order valence-corrected chi connectivity index (χ2v) is 8.79. The van der Waals surface area contributed by atoms with Gasteiger partial charge in [0, 0.05) is 19.0 Å². The summed E-state index contributed by atoms with van der Waals surface area (Å²) in [7, 11) is -2.13. The Bertz CT molecular complexity index is 958. The predicted octanol–water partition coefficient (Wildman–Crippen LogP) is 3.53. The highest BCUT2D eigenvalue weighted by Gasteiger charge is 2.32. The highest BCUT2D eigenvalue weighted by molar-refractivity contribution is 7.89. The van der Waals surface area contributed by atoms with Crippen molar-refractivity contribution in [1.82, 2.24) is 4.31 Å². The lowest BCUT2D eigenvalue weighted by atomic mass is 9.97. The van der Waals surface area contributed by atoms with Crippen molar-refractivity contribution in [2.24, 2.45) is 5.92 Å². The predicted molar refractivity (Wildman–Crippen MR) is 105 cm³/mol. The van der Waals surface area contributed by atoms with Crippen molar-refractivity contribution in [2.75, 3.05) is 25.5 Å². The minimum Gasteiger partial charge on any atom is -0.497 e. The molecule has 9 heteroatoms. The fourth-order valence-electron chi connectivity index (χ4n) is 3.09. The number of ether oxygens (including phenoxy) is 1. The molecule has 0 spiro atoms. The molecule has 6 nitrogen and oxygen atoms in total. The third-order valence-electron chi connectivity index (χ3n) is 4.73. The van der Waals surface area contributed by atoms with Crippen LogP contribution in [0.4, 0.5) is 10.1 Å². The van der Waals surface area contributed by atoms with Gasteiger partial charge in [-0.2, -0.15) is 4.31 Å². The number of nitrogens with zero attached hydrogens (tertiary/aromatic N) is 1. The molecule has 0 saturated carbocycles. The maximum absolute atomic E-state index is 13.9. The molecule has 3 rings (SSSR count). The van der Waals surface area contributed by atoms with Crippen molar-refractivity contribution >= 4 is 33.2 Å². The van der Waals surface area contributed by atoms with Crippen LogP contribution in [0.2, 0.25) is 5.02 Å². The molecule has 0 aliphatic carbocycles. The molecule has 0 bridgehead atoms. The van der Waals surface area contributed by atoms with Gasteiger partial charge < -0.3 is 10.1 Å². The molecule has 1 saturated heterocycles. The molecule has 2 aromatic carbocycles. The first-order chi connectivity index (χ1) is 13.3. The monoisotopic (exact) mass is 426 g/mol. The number of piperidine rings is 1. The number of sulfonamides is 1. The minimum atomic E-state index is -3.64. The second-order valence-electron chi connectivity index (χ2n) is 6.44. The zero-order chi connectivity index (χ0) is 20.3. The van der Waals surface area contributed by atoms with Gasteiger partial charge in [-0.3, -0.25) is 4.79 Å². The van der Waals surface area contributed by atoms with E-state index >= 15 is 0 Å². The molecule has 28 heavy (non-hydrogen) atoms. The van der Waals surface area contributed by atoms with E-state index in [1.165, 1.54) is 35.7 Å². The van der Waals surface area contributed by atoms with E-state index in [-0.39, 0.29) is 34.6 Å². The van der Waals surface area contributed by atoms with Gasteiger partial charge in [0.05, 0.1) is 22.7 Å². The standard InChI is InChI=1S/C19H20ClFN2O4S/c1-27-14-5-7-15(8-6-14)28(25,26)23-11-9-13(10-12-23)19(24)22-17-4-2-3-16(20)18(17)21/h2-8,13H,9-12H2,1H3,(H,22,24). The molecule has 1 heterocycles. The number of rotatable bonds is 5. The fraction of sp³-hybridized carbons (Fsp3) is 0.316. The Morgan fingerprint density at radius 3 is 2.43 bits per heavy atom. The molecule has 1 fully saturated rings. The van der Waals surface area contributed by atoms with Gasteiger partial charge in [-0.15, -0.1) is 0 Å². The molecule has 2 aromatic rings. The normalized spacial score (nSPS) is 16.0. The quantitative estimate of drug-likeness (QED) is 0.793. The molecule has 0 atom stereocenters. The minimum absolute atomic E-state index is 0.0192. The van der Waals surface area contributed by atoms with Crippen LogP contribution in [0.15, 0.2) is 47.4 Å². The van der Waals surface area contributed by atoms with E-state index in [2.05, 4.69) is 5.32 Å². The lowest BCUT2D eigenvalue weighted by Gasteiger charge is -2.30. The third kappa shape index (κ3) is 4.29. The van der Waals surface area contributed by atoms with Gasteiger partial charge >= 0.3 is 0 Å². The lowest BCUT2D eigenvalue weighted by Crippen LogP contribution is -2.41. The Hall–Kier alpha value is -2.16. The molecule has 1 amide bonds. The Morgan fingerprint density at radius 1 is 1.18 bits per heavy atom. The first-order valence-corrected chi connectivity index (χ1v) is 10.5. The summed E-state index contributed by atoms with van der Waals surface area (Å²) in [5.74, 6) is -0.858. The maximum atomic E-state index is 13.9. The summed E-state index contributed by atoms with van der Waals surface area (Å²) in [5.41, 5.74) is 0.0192. The maximum Gasteiger partial charge on any atom is 0.243 e. The zero-order valence-electron chi connectivity index (χ0n) is 15.2.